The van der Waals surface area contributed by atoms with E-state index in [-0.39, 0.29) is 0 Å². The monoisotopic (exact) mass is 301 g/mol. The minimum Gasteiger partial charge on any atom is -0.214 e. The molecule has 0 N–H and O–H groups in total. The van der Waals surface area contributed by atoms with Crippen LogP contribution in [-0.2, 0) is 26.9 Å². The molecular weight excluding hydrogens is 282 g/mol. The summed E-state index contributed by atoms with van der Waals surface area (Å²) in [7, 11) is 5.80. The summed E-state index contributed by atoms with van der Waals surface area (Å²) >= 11 is 2.68. The quantitative estimate of drug-likeness (QED) is 0.644. The molecule has 0 bridgehead atoms. The van der Waals surface area contributed by atoms with E-state index in [0.29, 0.717) is 0 Å². The van der Waals surface area contributed by atoms with Crippen molar-refractivity contribution in [2.75, 3.05) is 21.2 Å². The molecule has 0 aliphatic rings. The summed E-state index contributed by atoms with van der Waals surface area (Å²) in [6.45, 7) is 0.941. The Labute approximate surface area is 122 Å². The van der Waals surface area contributed by atoms with Gasteiger partial charge < -0.3 is 9.64 Å². The molecule has 0 radical (unpaired) electrons. The van der Waals surface area contributed by atoms with E-state index in [1.54, 1.807) is 7.11 Å². The number of rotatable bonds is 3. The van der Waals surface area contributed by atoms with Crippen LogP contribution in [0.3, 0.4) is 0 Å². The van der Waals surface area contributed by atoms with E-state index in [0.717, 1.165) is 12.3 Å². The third-order valence-corrected chi connectivity index (χ3v) is 2.12. The van der Waals surface area contributed by atoms with E-state index >= 15 is 0 Å². The predicted octanol–water partition coefficient (Wildman–Crippen LogP) is 2.48. The van der Waals surface area contributed by atoms with Crippen LogP contribution in [0, 0.1) is 0 Å². The number of methoxy groups -OCH3 is 1. The molecule has 0 amide bonds. The Morgan fingerprint density at radius 1 is 1.37 bits per heavy atom. The van der Waals surface area contributed by atoms with Crippen molar-refractivity contribution in [1.29, 1.82) is 0 Å². The largest absolute Gasteiger partial charge is 0.214 e. The Morgan fingerprint density at radius 2 is 1.95 bits per heavy atom. The molecule has 0 atom stereocenters. The molecule has 0 heterocycles. The van der Waals surface area contributed by atoms with Gasteiger partial charge in [-0.05, 0) is 20.6 Å². The Kier molecular flexibility index (Phi) is 10.8. The normalized spacial score (nSPS) is 8.68. The summed E-state index contributed by atoms with van der Waals surface area (Å²) < 4.78 is 5.16. The van der Waals surface area contributed by atoms with E-state index in [4.69, 9.17) is 9.53 Å². The van der Waals surface area contributed by atoms with Crippen molar-refractivity contribution in [3.8, 4) is 5.75 Å². The Balaban J connectivity index is 0.000000334. The number of hydrogen-bond donors (Lipinski definition) is 0. The average molecular weight is 301 g/mol. The van der Waals surface area contributed by atoms with Crippen LogP contribution in [0.4, 0.5) is 0 Å². The van der Waals surface area contributed by atoms with Crippen LogP contribution < -0.4 is 4.74 Å². The van der Waals surface area contributed by atoms with Gasteiger partial charge >= 0.3 is 25.2 Å². The Morgan fingerprint density at radius 3 is 2.32 bits per heavy atom. The molecule has 0 aromatic heterocycles. The third kappa shape index (κ3) is 9.18. The van der Waals surface area contributed by atoms with Crippen molar-refractivity contribution < 1.29 is 25.1 Å². The fourth-order valence-electron chi connectivity index (χ4n) is 1.43. The zero-order chi connectivity index (χ0) is 14.5. The standard InChI is InChI=1S/C9H14NO.C5H5.CO.Fe/c1-10(2)7-8-5-4-6-9(8)11-3;1-2-4-5-3-1;1-2;/h4-6H,7H2,1-3H3;1-5H;;/q2*-1;;. The van der Waals surface area contributed by atoms with E-state index in [9.17, 15) is 0 Å². The average Bonchev–Trinajstić information content (AvgIpc) is 3.02. The topological polar surface area (TPSA) is 29.5 Å². The summed E-state index contributed by atoms with van der Waals surface area (Å²) in [4.78, 5) is 11.9. The van der Waals surface area contributed by atoms with Gasteiger partial charge in [0.05, 0.1) is 7.11 Å². The number of ether oxygens (including phenoxy) is 1. The first-order chi connectivity index (χ1) is 9.15. The minimum absolute atomic E-state index is 0.941. The summed E-state index contributed by atoms with van der Waals surface area (Å²) in [6.07, 6.45) is 0. The second kappa shape index (κ2) is 11.6. The van der Waals surface area contributed by atoms with Gasteiger partial charge in [0.25, 0.3) is 0 Å². The van der Waals surface area contributed by atoms with Crippen molar-refractivity contribution in [2.45, 2.75) is 6.54 Å². The van der Waals surface area contributed by atoms with Gasteiger partial charge in [-0.2, -0.15) is 30.3 Å². The van der Waals surface area contributed by atoms with Crippen LogP contribution in [0.2, 0.25) is 0 Å². The molecule has 0 fully saturated rings. The summed E-state index contributed by atoms with van der Waals surface area (Å²) in [6, 6.07) is 16.1. The van der Waals surface area contributed by atoms with Gasteiger partial charge in [-0.3, -0.25) is 0 Å². The molecule has 2 rings (SSSR count). The molecule has 0 spiro atoms. The number of carbonyl (C=O) groups excluding carboxylic acids is 1. The maximum absolute atomic E-state index is 8.57. The zero-order valence-corrected chi connectivity index (χ0v) is 12.5. The van der Waals surface area contributed by atoms with Gasteiger partial charge in [0.1, 0.15) is 0 Å². The zero-order valence-electron chi connectivity index (χ0n) is 11.4. The van der Waals surface area contributed by atoms with E-state index in [2.05, 4.69) is 26.5 Å². The molecule has 4 heteroatoms. The van der Waals surface area contributed by atoms with E-state index < -0.39 is 0 Å². The van der Waals surface area contributed by atoms with Crippen LogP contribution in [-0.4, -0.2) is 30.9 Å². The molecule has 2 aromatic rings. The first-order valence-electron chi connectivity index (χ1n) is 5.72. The van der Waals surface area contributed by atoms with Gasteiger partial charge in [0, 0.05) is 5.75 Å². The molecular formula is C15H19FeNO2-2. The molecule has 0 saturated heterocycles. The Hall–Kier alpha value is -1.44. The molecule has 0 aliphatic heterocycles. The molecule has 106 valence electrons. The number of nitrogens with zero attached hydrogens (tertiary/aromatic N) is 1. The smallest absolute Gasteiger partial charge is 0.172 e. The maximum atomic E-state index is 8.57. The minimum atomic E-state index is 0.941. The van der Waals surface area contributed by atoms with Crippen LogP contribution >= 0.6 is 0 Å². The van der Waals surface area contributed by atoms with Gasteiger partial charge in [0.2, 0.25) is 0 Å². The first-order valence-corrected chi connectivity index (χ1v) is 6.27. The molecule has 0 saturated carbocycles. The summed E-state index contributed by atoms with van der Waals surface area (Å²) in [5.74, 6) is 0.985. The second-order valence-electron chi connectivity index (χ2n) is 3.89. The van der Waals surface area contributed by atoms with Crippen LogP contribution in [0.15, 0.2) is 48.5 Å². The molecule has 19 heavy (non-hydrogen) atoms. The molecule has 3 nitrogen and oxygen atoms in total. The first kappa shape index (κ1) is 17.6. The van der Waals surface area contributed by atoms with E-state index in [1.807, 2.05) is 56.6 Å². The molecule has 0 aliphatic carbocycles. The van der Waals surface area contributed by atoms with Gasteiger partial charge in [0.15, 0.2) is 0 Å². The predicted molar refractivity (Wildman–Crippen MR) is 73.7 cm³/mol. The van der Waals surface area contributed by atoms with Crippen molar-refractivity contribution in [2.24, 2.45) is 0 Å². The Bertz CT molecular complexity index is 423. The van der Waals surface area contributed by atoms with Gasteiger partial charge in [-0.25, -0.2) is 18.2 Å². The maximum Gasteiger partial charge on any atom is -0.172 e. The van der Waals surface area contributed by atoms with Crippen LogP contribution in [0.1, 0.15) is 5.56 Å². The van der Waals surface area contributed by atoms with Crippen LogP contribution in [0.25, 0.3) is 0 Å². The van der Waals surface area contributed by atoms with Crippen LogP contribution in [0.5, 0.6) is 5.75 Å². The third-order valence-electron chi connectivity index (χ3n) is 2.12. The van der Waals surface area contributed by atoms with Gasteiger partial charge in [-0.15, -0.1) is 5.56 Å². The van der Waals surface area contributed by atoms with Crippen molar-refractivity contribution in [1.82, 2.24) is 4.90 Å². The summed E-state index contributed by atoms with van der Waals surface area (Å²) in [5.41, 5.74) is 1.25. The van der Waals surface area contributed by atoms with E-state index in [1.165, 1.54) is 10.3 Å². The van der Waals surface area contributed by atoms with Crippen molar-refractivity contribution in [3.05, 3.63) is 54.1 Å². The SMILES string of the molecule is COc1ccc[c-]1CN(C)C.O=[C]=[Fe].c1cc[cH-]c1. The summed E-state index contributed by atoms with van der Waals surface area (Å²) in [5, 5.41) is 0. The molecule has 2 aromatic carbocycles. The van der Waals surface area contributed by atoms with Crippen molar-refractivity contribution >= 4 is 4.79 Å². The fourth-order valence-corrected chi connectivity index (χ4v) is 1.43. The second-order valence-corrected chi connectivity index (χ2v) is 4.12. The van der Waals surface area contributed by atoms with Crippen molar-refractivity contribution in [3.63, 3.8) is 0 Å². The number of hydrogen-bond acceptors (Lipinski definition) is 3. The molecule has 0 unspecified atom stereocenters. The van der Waals surface area contributed by atoms with Gasteiger partial charge in [-0.1, -0.05) is 0 Å². The fraction of sp³-hybridized carbons (Fsp3) is 0.267.